The van der Waals surface area contributed by atoms with Crippen molar-refractivity contribution in [1.29, 1.82) is 0 Å². The van der Waals surface area contributed by atoms with Gasteiger partial charge < -0.3 is 24.7 Å². The molecule has 1 unspecified atom stereocenters. The van der Waals surface area contributed by atoms with Crippen LogP contribution in [0.15, 0.2) is 35.4 Å². The average Bonchev–Trinajstić information content (AvgIpc) is 3.41. The number of hydrogen-bond acceptors (Lipinski definition) is 6. The summed E-state index contributed by atoms with van der Waals surface area (Å²) in [5.41, 5.74) is 1.06. The number of H-pyrrole nitrogens is 1. The molecular formula is C25H27FN4O4S. The third-order valence-electron chi connectivity index (χ3n) is 5.85. The largest absolute Gasteiger partial charge is 0.455 e. The van der Waals surface area contributed by atoms with Gasteiger partial charge in [0.2, 0.25) is 0 Å². The zero-order valence-electron chi connectivity index (χ0n) is 20.3. The number of carbonyl (C=O) groups is 1. The number of aromatic amines is 1. The molecule has 0 spiro atoms. The van der Waals surface area contributed by atoms with Crippen molar-refractivity contribution in [3.8, 4) is 16.2 Å². The van der Waals surface area contributed by atoms with Gasteiger partial charge in [-0.05, 0) is 51.5 Å². The summed E-state index contributed by atoms with van der Waals surface area (Å²) in [5, 5.41) is 13.7. The number of nitrogens with one attached hydrogen (secondary N) is 2. The van der Waals surface area contributed by atoms with Gasteiger partial charge in [-0.2, -0.15) is 4.39 Å². The number of carbonyl (C=O) groups excluding carboxylic acids is 1. The number of pyridine rings is 2. The minimum atomic E-state index is -1.80. The predicted molar refractivity (Wildman–Crippen MR) is 134 cm³/mol. The van der Waals surface area contributed by atoms with Crippen molar-refractivity contribution in [1.82, 2.24) is 19.9 Å². The summed E-state index contributed by atoms with van der Waals surface area (Å²) in [5.74, 6) is -0.162. The van der Waals surface area contributed by atoms with E-state index in [1.807, 2.05) is 0 Å². The van der Waals surface area contributed by atoms with Crippen LogP contribution in [-0.2, 0) is 12.6 Å². The van der Waals surface area contributed by atoms with Crippen LogP contribution in [0.4, 0.5) is 4.39 Å². The zero-order valence-corrected chi connectivity index (χ0v) is 21.1. The summed E-state index contributed by atoms with van der Waals surface area (Å²) in [6.45, 7) is 6.76. The Balaban J connectivity index is 1.93. The van der Waals surface area contributed by atoms with E-state index in [4.69, 9.17) is 4.74 Å². The molecule has 0 aliphatic rings. The van der Waals surface area contributed by atoms with Crippen LogP contribution in [0.1, 0.15) is 52.4 Å². The number of ether oxygens (including phenoxy) is 1. The lowest BCUT2D eigenvalue weighted by atomic mass is 10.1. The predicted octanol–water partition coefficient (Wildman–Crippen LogP) is 4.24. The number of hydrogen-bond donors (Lipinski definition) is 3. The molecule has 1 atom stereocenters. The Morgan fingerprint density at radius 1 is 1.34 bits per heavy atom. The fourth-order valence-electron chi connectivity index (χ4n) is 3.94. The van der Waals surface area contributed by atoms with Crippen molar-refractivity contribution >= 4 is 28.1 Å². The second-order valence-electron chi connectivity index (χ2n) is 8.93. The minimum absolute atomic E-state index is 0.213. The fourth-order valence-corrected chi connectivity index (χ4v) is 5.06. The molecule has 4 aromatic rings. The van der Waals surface area contributed by atoms with Gasteiger partial charge in [-0.15, -0.1) is 11.3 Å². The quantitative estimate of drug-likeness (QED) is 0.368. The van der Waals surface area contributed by atoms with Gasteiger partial charge in [0.25, 0.3) is 17.8 Å². The molecule has 0 radical (unpaired) electrons. The summed E-state index contributed by atoms with van der Waals surface area (Å²) in [7, 11) is 3.09. The van der Waals surface area contributed by atoms with Gasteiger partial charge in [0, 0.05) is 53.6 Å². The molecule has 4 aromatic heterocycles. The number of fused-ring (bicyclic) bond motifs is 1. The van der Waals surface area contributed by atoms with Crippen LogP contribution in [0.5, 0.6) is 5.75 Å². The molecule has 0 aliphatic carbocycles. The summed E-state index contributed by atoms with van der Waals surface area (Å²) in [4.78, 5) is 33.2. The van der Waals surface area contributed by atoms with Crippen LogP contribution < -0.4 is 15.6 Å². The number of alkyl halides is 1. The topological polar surface area (TPSA) is 109 Å². The van der Waals surface area contributed by atoms with E-state index < -0.39 is 12.0 Å². The molecule has 4 heterocycles. The van der Waals surface area contributed by atoms with E-state index in [1.54, 1.807) is 65.3 Å². The molecule has 0 saturated carbocycles. The maximum Gasteiger partial charge on any atom is 0.274 e. The van der Waals surface area contributed by atoms with Crippen molar-refractivity contribution in [3.05, 3.63) is 68.3 Å². The minimum Gasteiger partial charge on any atom is -0.455 e. The second-order valence-corrected chi connectivity index (χ2v) is 9.99. The number of aryl methyl sites for hydroxylation is 3. The molecule has 8 nitrogen and oxygen atoms in total. The highest BCUT2D eigenvalue weighted by atomic mass is 32.1. The fraction of sp³-hybridized carbons (Fsp3) is 0.320. The van der Waals surface area contributed by atoms with E-state index in [-0.39, 0.29) is 28.4 Å². The lowest BCUT2D eigenvalue weighted by molar-refractivity contribution is 0.0644. The molecule has 0 aliphatic heterocycles. The number of aliphatic hydroxyl groups is 1. The molecule has 0 aromatic carbocycles. The third-order valence-corrected chi connectivity index (χ3v) is 7.31. The molecule has 35 heavy (non-hydrogen) atoms. The zero-order chi connectivity index (χ0) is 25.7. The van der Waals surface area contributed by atoms with Gasteiger partial charge >= 0.3 is 0 Å². The van der Waals surface area contributed by atoms with Crippen LogP contribution in [0.3, 0.4) is 0 Å². The summed E-state index contributed by atoms with van der Waals surface area (Å²) < 4.78 is 22.7. The second kappa shape index (κ2) is 8.94. The molecule has 1 amide bonds. The van der Waals surface area contributed by atoms with Crippen LogP contribution in [0, 0.1) is 13.8 Å². The number of nitrogens with zero attached hydrogens (tertiary/aromatic N) is 2. The molecule has 184 valence electrons. The van der Waals surface area contributed by atoms with Crippen molar-refractivity contribution in [3.63, 3.8) is 0 Å². The Labute approximate surface area is 205 Å². The van der Waals surface area contributed by atoms with Gasteiger partial charge in [0.05, 0.1) is 10.5 Å². The Morgan fingerprint density at radius 3 is 2.69 bits per heavy atom. The third kappa shape index (κ3) is 4.46. The molecular weight excluding hydrogens is 471 g/mol. The highest BCUT2D eigenvalue weighted by Crippen LogP contribution is 2.46. The maximum atomic E-state index is 15.5. The monoisotopic (exact) mass is 498 g/mol. The Kier molecular flexibility index (Phi) is 6.29. The summed E-state index contributed by atoms with van der Waals surface area (Å²) in [6.07, 6.45) is 1.43. The first kappa shape index (κ1) is 24.6. The first-order valence-electron chi connectivity index (χ1n) is 11.0. The van der Waals surface area contributed by atoms with Gasteiger partial charge in [-0.25, -0.2) is 0 Å². The lowest BCUT2D eigenvalue weighted by Gasteiger charge is -2.16. The van der Waals surface area contributed by atoms with Gasteiger partial charge in [-0.1, -0.05) is 0 Å². The van der Waals surface area contributed by atoms with Crippen molar-refractivity contribution in [2.45, 2.75) is 39.7 Å². The van der Waals surface area contributed by atoms with Crippen LogP contribution in [0.2, 0.25) is 0 Å². The smallest absolute Gasteiger partial charge is 0.274 e. The van der Waals surface area contributed by atoms with Crippen molar-refractivity contribution in [2.24, 2.45) is 7.05 Å². The summed E-state index contributed by atoms with van der Waals surface area (Å²) >= 11 is 1.23. The lowest BCUT2D eigenvalue weighted by Crippen LogP contribution is -2.19. The number of halogens is 1. The van der Waals surface area contributed by atoms with Crippen LogP contribution in [0.25, 0.3) is 21.3 Å². The Bertz CT molecular complexity index is 1480. The van der Waals surface area contributed by atoms with E-state index >= 15 is 4.39 Å². The first-order chi connectivity index (χ1) is 16.4. The van der Waals surface area contributed by atoms with Gasteiger partial charge in [0.15, 0.2) is 0 Å². The number of amides is 1. The van der Waals surface area contributed by atoms with Crippen LogP contribution in [-0.4, -0.2) is 32.6 Å². The van der Waals surface area contributed by atoms with E-state index in [0.29, 0.717) is 37.5 Å². The van der Waals surface area contributed by atoms with Gasteiger partial charge in [0.1, 0.15) is 17.0 Å². The normalized spacial score (nSPS) is 12.7. The number of rotatable bonds is 6. The van der Waals surface area contributed by atoms with Crippen LogP contribution >= 0.6 is 11.3 Å². The summed E-state index contributed by atoms with van der Waals surface area (Å²) in [6, 6.07) is 4.91. The average molecular weight is 499 g/mol. The highest BCUT2D eigenvalue weighted by Gasteiger charge is 2.28. The van der Waals surface area contributed by atoms with Crippen molar-refractivity contribution < 1.29 is 19.0 Å². The first-order valence-corrected chi connectivity index (χ1v) is 11.8. The standard InChI is InChI=1S/C25H27FN4O4S/c1-12-7-8-28-13(2)19(12)22(26)34-17-10-18(25(3,4)33)35-21(17)15-11-30(6)24(32)20-14(15)9-16(29-20)23(31)27-5/h7-11,22,29,33H,1-6H3,(H,27,31). The van der Waals surface area contributed by atoms with E-state index in [0.717, 1.165) is 0 Å². The van der Waals surface area contributed by atoms with Gasteiger partial charge in [-0.3, -0.25) is 14.6 Å². The SMILES string of the molecule is CNC(=O)c1cc2c(-c3sc(C(C)(C)O)cc3OC(F)c3c(C)ccnc3C)cn(C)c(=O)c2[nH]1. The number of thiophene rings is 1. The molecule has 4 rings (SSSR count). The van der Waals surface area contributed by atoms with E-state index in [9.17, 15) is 14.7 Å². The Hall–Kier alpha value is -3.50. The van der Waals surface area contributed by atoms with Crippen molar-refractivity contribution in [2.75, 3.05) is 7.05 Å². The maximum absolute atomic E-state index is 15.5. The Morgan fingerprint density at radius 2 is 2.06 bits per heavy atom. The molecule has 10 heteroatoms. The molecule has 0 saturated heterocycles. The van der Waals surface area contributed by atoms with E-state index in [1.165, 1.54) is 23.0 Å². The van der Waals surface area contributed by atoms with E-state index in [2.05, 4.69) is 15.3 Å². The molecule has 3 N–H and O–H groups in total. The highest BCUT2D eigenvalue weighted by molar-refractivity contribution is 7.16. The number of aromatic nitrogens is 3. The molecule has 0 fully saturated rings. The molecule has 0 bridgehead atoms.